The molecule has 0 radical (unpaired) electrons. The van der Waals surface area contributed by atoms with Crippen LogP contribution in [0, 0.1) is 5.82 Å². The molecule has 0 spiro atoms. The van der Waals surface area contributed by atoms with Gasteiger partial charge in [0.05, 0.1) is 16.7 Å². The zero-order chi connectivity index (χ0) is 16.8. The molecule has 1 aliphatic carbocycles. The summed E-state index contributed by atoms with van der Waals surface area (Å²) in [5.74, 6) is -0.204. The van der Waals surface area contributed by atoms with E-state index >= 15 is 0 Å². The van der Waals surface area contributed by atoms with Gasteiger partial charge in [0.1, 0.15) is 5.82 Å². The summed E-state index contributed by atoms with van der Waals surface area (Å²) in [6.45, 7) is 0. The van der Waals surface area contributed by atoms with Crippen molar-refractivity contribution in [2.75, 3.05) is 0 Å². The van der Waals surface area contributed by atoms with Crippen molar-refractivity contribution in [3.8, 4) is 11.3 Å². The van der Waals surface area contributed by atoms with Crippen molar-refractivity contribution >= 4 is 21.8 Å². The molecule has 0 aliphatic heterocycles. The highest BCUT2D eigenvalue weighted by Crippen LogP contribution is 2.38. The fourth-order valence-corrected chi connectivity index (χ4v) is 4.06. The molecule has 0 unspecified atom stereocenters. The number of rotatable bonds is 1. The Balaban J connectivity index is 1.93. The second-order valence-corrected chi connectivity index (χ2v) is 6.63. The molecule has 2 aromatic heterocycles. The Morgan fingerprint density at radius 2 is 1.60 bits per heavy atom. The Bertz CT molecular complexity index is 1120. The second kappa shape index (κ2) is 5.62. The fourth-order valence-electron chi connectivity index (χ4n) is 4.06. The highest BCUT2D eigenvalue weighted by atomic mass is 19.1. The van der Waals surface area contributed by atoms with E-state index in [1.54, 1.807) is 6.07 Å². The average Bonchev–Trinajstić information content (AvgIpc) is 2.67. The first-order chi connectivity index (χ1) is 12.3. The van der Waals surface area contributed by atoms with E-state index in [-0.39, 0.29) is 5.82 Å². The number of fused-ring (bicyclic) bond motifs is 5. The van der Waals surface area contributed by atoms with E-state index in [2.05, 4.69) is 11.1 Å². The minimum absolute atomic E-state index is 0.204. The summed E-state index contributed by atoms with van der Waals surface area (Å²) in [5.41, 5.74) is 5.87. The number of hydrogen-bond donors (Lipinski definition) is 0. The van der Waals surface area contributed by atoms with Crippen LogP contribution in [0.5, 0.6) is 0 Å². The van der Waals surface area contributed by atoms with Gasteiger partial charge in [-0.25, -0.2) is 9.37 Å². The topological polar surface area (TPSA) is 25.8 Å². The van der Waals surface area contributed by atoms with Crippen LogP contribution in [0.4, 0.5) is 4.39 Å². The third-order valence-corrected chi connectivity index (χ3v) is 5.18. The van der Waals surface area contributed by atoms with Crippen LogP contribution in [0.1, 0.15) is 24.0 Å². The van der Waals surface area contributed by atoms with Crippen LogP contribution in [0.3, 0.4) is 0 Å². The molecule has 0 amide bonds. The Labute approximate surface area is 145 Å². The van der Waals surface area contributed by atoms with Gasteiger partial charge in [-0.1, -0.05) is 18.2 Å². The van der Waals surface area contributed by atoms with Gasteiger partial charge in [0.2, 0.25) is 0 Å². The van der Waals surface area contributed by atoms with Gasteiger partial charge >= 0.3 is 0 Å². The Morgan fingerprint density at radius 3 is 2.48 bits per heavy atom. The number of nitrogens with zero attached hydrogens (tertiary/aromatic N) is 2. The van der Waals surface area contributed by atoms with Crippen molar-refractivity contribution in [2.24, 2.45) is 0 Å². The summed E-state index contributed by atoms with van der Waals surface area (Å²) in [6.07, 6.45) is 6.09. The summed E-state index contributed by atoms with van der Waals surface area (Å²) in [6, 6.07) is 15.1. The van der Waals surface area contributed by atoms with Crippen LogP contribution in [-0.4, -0.2) is 9.97 Å². The van der Waals surface area contributed by atoms with E-state index in [1.165, 1.54) is 29.0 Å². The van der Waals surface area contributed by atoms with Crippen LogP contribution in [0.15, 0.2) is 54.7 Å². The maximum atomic E-state index is 14.4. The fraction of sp³-hybridized carbons (Fsp3) is 0.182. The predicted octanol–water partition coefficient (Wildman–Crippen LogP) is 5.47. The summed E-state index contributed by atoms with van der Waals surface area (Å²) in [4.78, 5) is 9.39. The van der Waals surface area contributed by atoms with Crippen molar-refractivity contribution in [2.45, 2.75) is 25.7 Å². The van der Waals surface area contributed by atoms with Crippen LogP contribution < -0.4 is 0 Å². The van der Waals surface area contributed by atoms with Gasteiger partial charge in [0.25, 0.3) is 0 Å². The molecule has 1 aliphatic rings. The molecule has 0 bridgehead atoms. The Morgan fingerprint density at radius 1 is 0.800 bits per heavy atom. The minimum atomic E-state index is -0.204. The molecule has 2 heterocycles. The smallest absolute Gasteiger partial charge is 0.132 e. The number of aromatic nitrogens is 2. The van der Waals surface area contributed by atoms with Crippen molar-refractivity contribution in [1.82, 2.24) is 9.97 Å². The molecule has 0 fully saturated rings. The molecule has 122 valence electrons. The quantitative estimate of drug-likeness (QED) is 0.433. The summed E-state index contributed by atoms with van der Waals surface area (Å²) in [7, 11) is 0. The van der Waals surface area contributed by atoms with Gasteiger partial charge in [-0.15, -0.1) is 0 Å². The lowest BCUT2D eigenvalue weighted by atomic mass is 9.85. The summed E-state index contributed by atoms with van der Waals surface area (Å²) in [5, 5.41) is 2.34. The van der Waals surface area contributed by atoms with Gasteiger partial charge in [-0.2, -0.15) is 0 Å². The SMILES string of the molecule is Fc1ccccc1-c1nc2ccc3ncccc3c2c2c1CCCC2. The number of aryl methyl sites for hydroxylation is 1. The van der Waals surface area contributed by atoms with Crippen molar-refractivity contribution in [1.29, 1.82) is 0 Å². The molecule has 4 aromatic rings. The molecule has 0 saturated heterocycles. The largest absolute Gasteiger partial charge is 0.256 e. The Hall–Kier alpha value is -2.81. The monoisotopic (exact) mass is 328 g/mol. The first-order valence-electron chi connectivity index (χ1n) is 8.77. The molecule has 0 N–H and O–H groups in total. The molecule has 3 heteroatoms. The minimum Gasteiger partial charge on any atom is -0.256 e. The number of hydrogen-bond acceptors (Lipinski definition) is 2. The first kappa shape index (κ1) is 14.5. The van der Waals surface area contributed by atoms with E-state index in [1.807, 2.05) is 36.5 Å². The van der Waals surface area contributed by atoms with Gasteiger partial charge in [0.15, 0.2) is 0 Å². The van der Waals surface area contributed by atoms with Crippen LogP contribution in [-0.2, 0) is 12.8 Å². The summed E-state index contributed by atoms with van der Waals surface area (Å²) < 4.78 is 14.4. The van der Waals surface area contributed by atoms with Gasteiger partial charge < -0.3 is 0 Å². The predicted molar refractivity (Wildman–Crippen MR) is 99.1 cm³/mol. The van der Waals surface area contributed by atoms with Crippen molar-refractivity contribution < 1.29 is 4.39 Å². The molecule has 2 nitrogen and oxygen atoms in total. The van der Waals surface area contributed by atoms with Crippen molar-refractivity contribution in [3.63, 3.8) is 0 Å². The Kier molecular flexibility index (Phi) is 3.27. The lowest BCUT2D eigenvalue weighted by molar-refractivity contribution is 0.629. The first-order valence-corrected chi connectivity index (χ1v) is 8.77. The second-order valence-electron chi connectivity index (χ2n) is 6.63. The summed E-state index contributed by atoms with van der Waals surface area (Å²) >= 11 is 0. The van der Waals surface area contributed by atoms with E-state index in [4.69, 9.17) is 4.98 Å². The standard InChI is InChI=1S/C22H17FN2/c23-18-10-4-3-8-16(18)22-15-7-2-1-6-14(15)21-17-9-5-13-24-19(17)11-12-20(21)25-22/h3-5,8-13H,1-2,6-7H2. The highest BCUT2D eigenvalue weighted by molar-refractivity contribution is 6.07. The molecule has 0 saturated carbocycles. The number of pyridine rings is 2. The molecule has 0 atom stereocenters. The van der Waals surface area contributed by atoms with E-state index in [0.29, 0.717) is 5.56 Å². The third kappa shape index (κ3) is 2.23. The molecular formula is C22H17FN2. The van der Waals surface area contributed by atoms with Crippen LogP contribution in [0.25, 0.3) is 33.1 Å². The normalized spacial score (nSPS) is 14.0. The lowest BCUT2D eigenvalue weighted by Gasteiger charge is -2.22. The maximum absolute atomic E-state index is 14.4. The lowest BCUT2D eigenvalue weighted by Crippen LogP contribution is -2.08. The van der Waals surface area contributed by atoms with E-state index in [9.17, 15) is 4.39 Å². The van der Waals surface area contributed by atoms with Crippen molar-refractivity contribution in [3.05, 3.63) is 71.7 Å². The molecule has 5 rings (SSSR count). The molecule has 25 heavy (non-hydrogen) atoms. The average molecular weight is 328 g/mol. The number of benzene rings is 2. The number of halogens is 1. The zero-order valence-electron chi connectivity index (χ0n) is 13.8. The van der Waals surface area contributed by atoms with Gasteiger partial charge in [-0.05, 0) is 67.1 Å². The van der Waals surface area contributed by atoms with Gasteiger partial charge in [0, 0.05) is 22.5 Å². The van der Waals surface area contributed by atoms with Crippen LogP contribution >= 0.6 is 0 Å². The third-order valence-electron chi connectivity index (χ3n) is 5.18. The molecular weight excluding hydrogens is 311 g/mol. The van der Waals surface area contributed by atoms with Gasteiger partial charge in [-0.3, -0.25) is 4.98 Å². The van der Waals surface area contributed by atoms with Crippen LogP contribution in [0.2, 0.25) is 0 Å². The van der Waals surface area contributed by atoms with E-state index in [0.717, 1.165) is 41.4 Å². The zero-order valence-corrected chi connectivity index (χ0v) is 13.8. The molecule has 2 aromatic carbocycles. The maximum Gasteiger partial charge on any atom is 0.132 e. The van der Waals surface area contributed by atoms with E-state index < -0.39 is 0 Å². The highest BCUT2D eigenvalue weighted by Gasteiger charge is 2.22.